The summed E-state index contributed by atoms with van der Waals surface area (Å²) in [5, 5.41) is 0. The number of guanidine groups is 2. The van der Waals surface area contributed by atoms with Crippen LogP contribution in [0.15, 0.2) is 0 Å². The smallest absolute Gasteiger partial charge is 0.517 e. The van der Waals surface area contributed by atoms with Gasteiger partial charge in [0.15, 0.2) is 0 Å². The van der Waals surface area contributed by atoms with Crippen LogP contribution in [0.4, 0.5) is 0 Å². The van der Waals surface area contributed by atoms with E-state index in [2.05, 4.69) is 9.98 Å². The van der Waals surface area contributed by atoms with Gasteiger partial charge < -0.3 is 41.0 Å². The summed E-state index contributed by atoms with van der Waals surface area (Å²) in [6.07, 6.45) is 0.237. The number of halogens is 2. The molecule has 0 aromatic carbocycles. The van der Waals surface area contributed by atoms with Crippen LogP contribution >= 0.6 is 0 Å². The van der Waals surface area contributed by atoms with Gasteiger partial charge in [-0.2, -0.15) is 4.99 Å². The molecule has 0 rings (SSSR count). The van der Waals surface area contributed by atoms with Crippen LogP contribution in [0.1, 0.15) is 13.3 Å². The van der Waals surface area contributed by atoms with Gasteiger partial charge in [0, 0.05) is 0 Å². The van der Waals surface area contributed by atoms with E-state index in [1.165, 1.54) is 0 Å². The third-order valence-corrected chi connectivity index (χ3v) is 1.23. The second kappa shape index (κ2) is 11.9. The topological polar surface area (TPSA) is 132 Å². The van der Waals surface area contributed by atoms with Crippen molar-refractivity contribution in [3.63, 3.8) is 0 Å². The number of esters is 1. The minimum absolute atomic E-state index is 0. The van der Waals surface area contributed by atoms with Crippen molar-refractivity contribution < 1.29 is 44.3 Å². The van der Waals surface area contributed by atoms with Gasteiger partial charge in [0.05, 0.1) is 13.0 Å². The average Bonchev–Trinajstić information content (AvgIpc) is 2.02. The number of nitrogens with one attached hydrogen (secondary N) is 2. The van der Waals surface area contributed by atoms with Gasteiger partial charge in [-0.3, -0.25) is 4.79 Å². The van der Waals surface area contributed by atoms with Crippen LogP contribution in [0.3, 0.4) is 0 Å². The Morgan fingerprint density at radius 2 is 1.81 bits per heavy atom. The van der Waals surface area contributed by atoms with Crippen molar-refractivity contribution in [1.82, 2.24) is 0 Å². The van der Waals surface area contributed by atoms with E-state index in [1.807, 2.05) is 0 Å². The van der Waals surface area contributed by atoms with Crippen LogP contribution in [-0.4, -0.2) is 31.0 Å². The molecule has 0 aromatic heterocycles. The predicted octanol–water partition coefficient (Wildman–Crippen LogP) is -11.3. The van der Waals surface area contributed by atoms with Crippen molar-refractivity contribution in [3.05, 3.63) is 0 Å². The van der Waals surface area contributed by atoms with Crippen LogP contribution in [0.2, 0.25) is 0 Å². The van der Waals surface area contributed by atoms with Gasteiger partial charge in [0.25, 0.3) is 5.96 Å². The molecular formula is C7H17Cl2N5O2. The third kappa shape index (κ3) is 12.8. The molecule has 0 aliphatic carbocycles. The number of rotatable bonds is 4. The molecule has 0 aliphatic rings. The Bertz CT molecular complexity index is 253. The first-order chi connectivity index (χ1) is 6.56. The zero-order chi connectivity index (χ0) is 11.0. The van der Waals surface area contributed by atoms with Gasteiger partial charge in [-0.05, 0) is 6.92 Å². The highest BCUT2D eigenvalue weighted by Crippen LogP contribution is 1.80. The lowest BCUT2D eigenvalue weighted by Crippen LogP contribution is -3.00. The molecule has 0 amide bonds. The minimum atomic E-state index is -0.280. The summed E-state index contributed by atoms with van der Waals surface area (Å²) in [4.78, 5) is 16.0. The summed E-state index contributed by atoms with van der Waals surface area (Å²) in [6, 6.07) is 0. The van der Waals surface area contributed by atoms with Crippen molar-refractivity contribution in [2.24, 2.45) is 17.2 Å². The highest BCUT2D eigenvalue weighted by molar-refractivity contribution is 5.75. The number of nitrogens with two attached hydrogens (primary N) is 3. The lowest BCUT2D eigenvalue weighted by atomic mass is 10.4. The van der Waals surface area contributed by atoms with Crippen molar-refractivity contribution >= 4 is 17.9 Å². The summed E-state index contributed by atoms with van der Waals surface area (Å²) >= 11 is 0. The SMILES string of the molecule is CCOC(=O)CC[NH+]=C(N)[NH+]=C(N)N.[Cl-].[Cl-]. The molecule has 0 fully saturated rings. The van der Waals surface area contributed by atoms with Crippen molar-refractivity contribution in [2.45, 2.75) is 13.3 Å². The zero-order valence-electron chi connectivity index (χ0n) is 8.93. The Labute approximate surface area is 106 Å². The number of carbonyl (C=O) groups is 1. The maximum Gasteiger partial charge on any atom is 0.517 e. The Hall–Kier alpha value is -1.21. The summed E-state index contributed by atoms with van der Waals surface area (Å²) in [5.74, 6) is -0.0852. The van der Waals surface area contributed by atoms with Crippen LogP contribution in [0, 0.1) is 0 Å². The minimum Gasteiger partial charge on any atom is -1.00 e. The first kappa shape index (κ1) is 20.2. The largest absolute Gasteiger partial charge is 1.00 e. The fourth-order valence-electron chi connectivity index (χ4n) is 0.732. The number of hydrogen-bond acceptors (Lipinski definition) is 2. The van der Waals surface area contributed by atoms with E-state index in [1.54, 1.807) is 6.92 Å². The lowest BCUT2D eigenvalue weighted by Gasteiger charge is -1.96. The molecule has 8 N–H and O–H groups in total. The van der Waals surface area contributed by atoms with E-state index in [-0.39, 0.29) is 49.1 Å². The molecule has 0 unspecified atom stereocenters. The van der Waals surface area contributed by atoms with Gasteiger partial charge in [0.1, 0.15) is 6.54 Å². The van der Waals surface area contributed by atoms with E-state index in [4.69, 9.17) is 21.9 Å². The number of ether oxygens (including phenoxy) is 1. The Morgan fingerprint density at radius 3 is 2.25 bits per heavy atom. The molecule has 96 valence electrons. The Morgan fingerprint density at radius 1 is 1.25 bits per heavy atom. The lowest BCUT2D eigenvalue weighted by molar-refractivity contribution is -0.522. The molecule has 0 atom stereocenters. The average molecular weight is 274 g/mol. The molecule has 0 aromatic rings. The quantitative estimate of drug-likeness (QED) is 0.197. The molecule has 16 heavy (non-hydrogen) atoms. The van der Waals surface area contributed by atoms with E-state index in [0.29, 0.717) is 13.2 Å². The van der Waals surface area contributed by atoms with Crippen molar-refractivity contribution in [2.75, 3.05) is 13.2 Å². The molecule has 0 saturated carbocycles. The van der Waals surface area contributed by atoms with Gasteiger partial charge in [-0.1, -0.05) is 0 Å². The first-order valence-corrected chi connectivity index (χ1v) is 4.23. The highest BCUT2D eigenvalue weighted by Gasteiger charge is 2.05. The fourth-order valence-corrected chi connectivity index (χ4v) is 0.732. The van der Waals surface area contributed by atoms with Crippen molar-refractivity contribution in [3.8, 4) is 0 Å². The zero-order valence-corrected chi connectivity index (χ0v) is 10.4. The molecule has 0 spiro atoms. The monoisotopic (exact) mass is 273 g/mol. The maximum atomic E-state index is 10.9. The Balaban J connectivity index is -0.000000845. The third-order valence-electron chi connectivity index (χ3n) is 1.23. The summed E-state index contributed by atoms with van der Waals surface area (Å²) < 4.78 is 4.70. The Kier molecular flexibility index (Phi) is 15.0. The van der Waals surface area contributed by atoms with E-state index in [9.17, 15) is 4.79 Å². The van der Waals surface area contributed by atoms with Gasteiger partial charge in [-0.15, -0.1) is 4.99 Å². The van der Waals surface area contributed by atoms with Crippen LogP contribution in [0.5, 0.6) is 0 Å². The van der Waals surface area contributed by atoms with E-state index in [0.717, 1.165) is 0 Å². The second-order valence-electron chi connectivity index (χ2n) is 2.48. The highest BCUT2D eigenvalue weighted by atomic mass is 35.5. The standard InChI is InChI=1S/C7H15N5O2.2ClH/c1-2-14-5(13)3-4-11-7(10)12-6(8)9;;/h2-4H2,1H3,(H6,8,9,10,11,12);2*1H. The van der Waals surface area contributed by atoms with Gasteiger partial charge in [-0.25, -0.2) is 5.73 Å². The maximum absolute atomic E-state index is 10.9. The predicted molar refractivity (Wildman–Crippen MR) is 50.6 cm³/mol. The molecule has 9 heteroatoms. The number of hydrogen-bond donors (Lipinski definition) is 5. The molecule has 0 bridgehead atoms. The van der Waals surface area contributed by atoms with Gasteiger partial charge in [0.2, 0.25) is 0 Å². The molecule has 0 heterocycles. The normalized spacial score (nSPS) is 9.44. The molecule has 0 radical (unpaired) electrons. The molecule has 0 aliphatic heterocycles. The second-order valence-corrected chi connectivity index (χ2v) is 2.48. The van der Waals surface area contributed by atoms with Crippen LogP contribution < -0.4 is 52.0 Å². The van der Waals surface area contributed by atoms with E-state index >= 15 is 0 Å². The van der Waals surface area contributed by atoms with Crippen LogP contribution in [0.25, 0.3) is 0 Å². The summed E-state index contributed by atoms with van der Waals surface area (Å²) in [6.45, 7) is 2.49. The van der Waals surface area contributed by atoms with E-state index < -0.39 is 0 Å². The first-order valence-electron chi connectivity index (χ1n) is 4.23. The van der Waals surface area contributed by atoms with Gasteiger partial charge >= 0.3 is 11.9 Å². The van der Waals surface area contributed by atoms with Crippen molar-refractivity contribution in [1.29, 1.82) is 0 Å². The molecule has 7 nitrogen and oxygen atoms in total. The summed E-state index contributed by atoms with van der Waals surface area (Å²) in [7, 11) is 0. The molecular weight excluding hydrogens is 257 g/mol. The fraction of sp³-hybridized carbons (Fsp3) is 0.571. The molecule has 0 saturated heterocycles. The van der Waals surface area contributed by atoms with Crippen LogP contribution in [-0.2, 0) is 9.53 Å². The summed E-state index contributed by atoms with van der Waals surface area (Å²) in [5.41, 5.74) is 15.6. The number of carbonyl (C=O) groups excluding carboxylic acids is 1.